The van der Waals surface area contributed by atoms with Crippen LogP contribution >= 0.6 is 11.6 Å². The lowest BCUT2D eigenvalue weighted by Gasteiger charge is -2.11. The quantitative estimate of drug-likeness (QED) is 0.745. The standard InChI is InChI=1S/C15H10ClF2NO2/c16-10(7-9-11(17)2-1-3-12(9)18)8-4-5-13-14(6-8)21-15(20)19-13/h1-6,10H,7H2,(H,19,20). The van der Waals surface area contributed by atoms with Gasteiger partial charge in [-0.05, 0) is 36.2 Å². The summed E-state index contributed by atoms with van der Waals surface area (Å²) in [7, 11) is 0. The Morgan fingerprint density at radius 3 is 2.62 bits per heavy atom. The first-order chi connectivity index (χ1) is 10.0. The van der Waals surface area contributed by atoms with Crippen LogP contribution in [0, 0.1) is 11.6 Å². The fraction of sp³-hybridized carbons (Fsp3) is 0.133. The van der Waals surface area contributed by atoms with Crippen molar-refractivity contribution in [2.45, 2.75) is 11.8 Å². The molecule has 1 unspecified atom stereocenters. The van der Waals surface area contributed by atoms with Crippen LogP contribution in [0.3, 0.4) is 0 Å². The monoisotopic (exact) mass is 309 g/mol. The molecule has 108 valence electrons. The number of halogens is 3. The molecule has 0 aliphatic rings. The molecule has 0 aliphatic heterocycles. The summed E-state index contributed by atoms with van der Waals surface area (Å²) < 4.78 is 32.2. The summed E-state index contributed by atoms with van der Waals surface area (Å²) in [5.74, 6) is -1.82. The van der Waals surface area contributed by atoms with Crippen molar-refractivity contribution in [1.29, 1.82) is 0 Å². The van der Waals surface area contributed by atoms with Crippen molar-refractivity contribution in [1.82, 2.24) is 4.98 Å². The van der Waals surface area contributed by atoms with Gasteiger partial charge in [-0.3, -0.25) is 4.98 Å². The molecule has 3 nitrogen and oxygen atoms in total. The number of oxazole rings is 1. The molecular formula is C15H10ClF2NO2. The van der Waals surface area contributed by atoms with Gasteiger partial charge in [0.25, 0.3) is 0 Å². The number of benzene rings is 2. The molecule has 0 saturated carbocycles. The summed E-state index contributed by atoms with van der Waals surface area (Å²) in [6, 6.07) is 8.60. The maximum atomic E-state index is 13.6. The molecule has 1 N–H and O–H groups in total. The second-order valence-corrected chi connectivity index (χ2v) is 5.17. The van der Waals surface area contributed by atoms with Crippen LogP contribution in [0.1, 0.15) is 16.5 Å². The average molecular weight is 310 g/mol. The van der Waals surface area contributed by atoms with E-state index in [9.17, 15) is 13.6 Å². The van der Waals surface area contributed by atoms with Crippen molar-refractivity contribution >= 4 is 22.7 Å². The highest BCUT2D eigenvalue weighted by Crippen LogP contribution is 2.29. The van der Waals surface area contributed by atoms with Gasteiger partial charge in [0.2, 0.25) is 0 Å². The van der Waals surface area contributed by atoms with Crippen LogP contribution in [0.2, 0.25) is 0 Å². The van der Waals surface area contributed by atoms with E-state index >= 15 is 0 Å². The van der Waals surface area contributed by atoms with Gasteiger partial charge in [0.1, 0.15) is 11.6 Å². The predicted molar refractivity (Wildman–Crippen MR) is 75.5 cm³/mol. The van der Waals surface area contributed by atoms with Crippen LogP contribution in [0.5, 0.6) is 0 Å². The molecule has 21 heavy (non-hydrogen) atoms. The summed E-state index contributed by atoms with van der Waals surface area (Å²) in [5, 5.41) is -0.638. The van der Waals surface area contributed by atoms with Gasteiger partial charge in [0, 0.05) is 5.56 Å². The number of nitrogens with one attached hydrogen (secondary N) is 1. The third-order valence-corrected chi connectivity index (χ3v) is 3.66. The van der Waals surface area contributed by atoms with Crippen molar-refractivity contribution in [3.8, 4) is 0 Å². The fourth-order valence-electron chi connectivity index (χ4n) is 2.18. The van der Waals surface area contributed by atoms with E-state index in [-0.39, 0.29) is 12.0 Å². The average Bonchev–Trinajstić information content (AvgIpc) is 2.81. The number of H-pyrrole nitrogens is 1. The Morgan fingerprint density at radius 1 is 1.19 bits per heavy atom. The minimum absolute atomic E-state index is 0.000222. The van der Waals surface area contributed by atoms with E-state index in [1.807, 2.05) is 0 Å². The maximum Gasteiger partial charge on any atom is 0.417 e. The zero-order valence-corrected chi connectivity index (χ0v) is 11.5. The molecule has 0 fully saturated rings. The van der Waals surface area contributed by atoms with Crippen LogP contribution in [-0.4, -0.2) is 4.98 Å². The molecule has 0 saturated heterocycles. The molecule has 0 amide bonds. The summed E-state index contributed by atoms with van der Waals surface area (Å²) in [6.45, 7) is 0. The number of hydrogen-bond donors (Lipinski definition) is 1. The molecule has 3 aromatic rings. The Hall–Kier alpha value is -2.14. The lowest BCUT2D eigenvalue weighted by atomic mass is 10.0. The summed E-state index contributed by atoms with van der Waals surface area (Å²) >= 11 is 6.23. The van der Waals surface area contributed by atoms with Crippen LogP contribution in [0.4, 0.5) is 8.78 Å². The molecular weight excluding hydrogens is 300 g/mol. The van der Waals surface area contributed by atoms with Crippen LogP contribution < -0.4 is 5.76 Å². The van der Waals surface area contributed by atoms with Gasteiger partial charge >= 0.3 is 5.76 Å². The van der Waals surface area contributed by atoms with E-state index in [1.54, 1.807) is 18.2 Å². The van der Waals surface area contributed by atoms with Crippen molar-refractivity contribution < 1.29 is 13.2 Å². The van der Waals surface area contributed by atoms with Crippen LogP contribution in [0.15, 0.2) is 45.6 Å². The Labute approximate surface area is 123 Å². The number of aromatic amines is 1. The third kappa shape index (κ3) is 2.69. The zero-order chi connectivity index (χ0) is 15.0. The zero-order valence-electron chi connectivity index (χ0n) is 10.7. The smallest absolute Gasteiger partial charge is 0.408 e. The van der Waals surface area contributed by atoms with Gasteiger partial charge in [-0.2, -0.15) is 0 Å². The van der Waals surface area contributed by atoms with Gasteiger partial charge in [-0.25, -0.2) is 13.6 Å². The van der Waals surface area contributed by atoms with Gasteiger partial charge in [-0.1, -0.05) is 12.1 Å². The first-order valence-corrected chi connectivity index (χ1v) is 6.68. The van der Waals surface area contributed by atoms with Gasteiger partial charge in [-0.15, -0.1) is 11.6 Å². The van der Waals surface area contributed by atoms with Crippen LogP contribution in [0.25, 0.3) is 11.1 Å². The normalized spacial score (nSPS) is 12.7. The number of hydrogen-bond acceptors (Lipinski definition) is 2. The van der Waals surface area contributed by atoms with Crippen molar-refractivity contribution in [3.63, 3.8) is 0 Å². The Morgan fingerprint density at radius 2 is 1.90 bits per heavy atom. The van der Waals surface area contributed by atoms with Crippen molar-refractivity contribution in [3.05, 3.63) is 69.7 Å². The topological polar surface area (TPSA) is 46.0 Å². The van der Waals surface area contributed by atoms with E-state index in [2.05, 4.69) is 4.98 Å². The largest absolute Gasteiger partial charge is 0.417 e. The second kappa shape index (κ2) is 5.33. The molecule has 1 heterocycles. The molecule has 0 aliphatic carbocycles. The fourth-order valence-corrected chi connectivity index (χ4v) is 2.47. The lowest BCUT2D eigenvalue weighted by molar-refractivity contribution is 0.551. The molecule has 3 rings (SSSR count). The first kappa shape index (κ1) is 13.8. The predicted octanol–water partition coefficient (Wildman–Crippen LogP) is 3.92. The van der Waals surface area contributed by atoms with Gasteiger partial charge in [0.05, 0.1) is 10.9 Å². The Kier molecular flexibility index (Phi) is 3.51. The Bertz CT molecular complexity index is 836. The van der Waals surface area contributed by atoms with Crippen LogP contribution in [-0.2, 0) is 6.42 Å². The molecule has 1 atom stereocenters. The highest BCUT2D eigenvalue weighted by molar-refractivity contribution is 6.21. The molecule has 1 aromatic heterocycles. The number of rotatable bonds is 3. The number of fused-ring (bicyclic) bond motifs is 1. The van der Waals surface area contributed by atoms with Gasteiger partial charge in [0.15, 0.2) is 5.58 Å². The Balaban J connectivity index is 1.93. The highest BCUT2D eigenvalue weighted by Gasteiger charge is 2.16. The molecule has 0 spiro atoms. The summed E-state index contributed by atoms with van der Waals surface area (Å²) in [6.07, 6.45) is 0.000222. The van der Waals surface area contributed by atoms with Crippen molar-refractivity contribution in [2.75, 3.05) is 0 Å². The maximum absolute atomic E-state index is 13.6. The van der Waals surface area contributed by atoms with E-state index in [4.69, 9.17) is 16.0 Å². The highest BCUT2D eigenvalue weighted by atomic mass is 35.5. The van der Waals surface area contributed by atoms with E-state index < -0.39 is 22.8 Å². The first-order valence-electron chi connectivity index (χ1n) is 6.24. The molecule has 2 aromatic carbocycles. The van der Waals surface area contributed by atoms with E-state index in [0.29, 0.717) is 16.7 Å². The van der Waals surface area contributed by atoms with Crippen molar-refractivity contribution in [2.24, 2.45) is 0 Å². The second-order valence-electron chi connectivity index (χ2n) is 4.64. The van der Waals surface area contributed by atoms with E-state index in [0.717, 1.165) is 0 Å². The minimum Gasteiger partial charge on any atom is -0.408 e. The SMILES string of the molecule is O=c1[nH]c2ccc(C(Cl)Cc3c(F)cccc3F)cc2o1. The molecule has 6 heteroatoms. The number of alkyl halides is 1. The minimum atomic E-state index is -0.638. The molecule has 0 bridgehead atoms. The lowest BCUT2D eigenvalue weighted by Crippen LogP contribution is -2.01. The van der Waals surface area contributed by atoms with Gasteiger partial charge < -0.3 is 4.42 Å². The molecule has 0 radical (unpaired) electrons. The number of aromatic nitrogens is 1. The summed E-state index contributed by atoms with van der Waals surface area (Å²) in [5.41, 5.74) is 1.46. The summed E-state index contributed by atoms with van der Waals surface area (Å²) in [4.78, 5) is 13.6. The third-order valence-electron chi connectivity index (χ3n) is 3.25. The van der Waals surface area contributed by atoms with E-state index in [1.165, 1.54) is 18.2 Å².